The van der Waals surface area contributed by atoms with Gasteiger partial charge in [0.15, 0.2) is 0 Å². The SMILES string of the molecule is CCOc1ccc(CCNCC(C)CCN)cc1C. The van der Waals surface area contributed by atoms with Gasteiger partial charge in [-0.3, -0.25) is 0 Å². The fourth-order valence-electron chi connectivity index (χ4n) is 2.15. The third-order valence-electron chi connectivity index (χ3n) is 3.28. The molecule has 3 heteroatoms. The first-order chi connectivity index (χ1) is 9.17. The number of hydrogen-bond acceptors (Lipinski definition) is 3. The van der Waals surface area contributed by atoms with Gasteiger partial charge in [-0.05, 0) is 69.4 Å². The second-order valence-corrected chi connectivity index (χ2v) is 5.17. The maximum Gasteiger partial charge on any atom is 0.122 e. The molecule has 1 atom stereocenters. The van der Waals surface area contributed by atoms with Crippen molar-refractivity contribution in [1.29, 1.82) is 0 Å². The molecule has 0 aromatic heterocycles. The zero-order chi connectivity index (χ0) is 14.1. The Kier molecular flexibility index (Phi) is 7.53. The van der Waals surface area contributed by atoms with Crippen LogP contribution in [0.5, 0.6) is 5.75 Å². The van der Waals surface area contributed by atoms with Crippen LogP contribution in [-0.2, 0) is 6.42 Å². The van der Waals surface area contributed by atoms with Crippen molar-refractivity contribution in [2.24, 2.45) is 11.7 Å². The maximum absolute atomic E-state index is 5.55. The molecule has 1 unspecified atom stereocenters. The Hall–Kier alpha value is -1.06. The molecule has 1 rings (SSSR count). The van der Waals surface area contributed by atoms with Crippen molar-refractivity contribution < 1.29 is 4.74 Å². The Bertz CT molecular complexity index is 366. The van der Waals surface area contributed by atoms with Crippen LogP contribution in [0.4, 0.5) is 0 Å². The van der Waals surface area contributed by atoms with Crippen molar-refractivity contribution in [3.8, 4) is 5.75 Å². The lowest BCUT2D eigenvalue weighted by molar-refractivity contribution is 0.338. The van der Waals surface area contributed by atoms with Crippen LogP contribution in [0.25, 0.3) is 0 Å². The average molecular weight is 264 g/mol. The van der Waals surface area contributed by atoms with E-state index in [1.54, 1.807) is 0 Å². The van der Waals surface area contributed by atoms with Gasteiger partial charge in [0.1, 0.15) is 5.75 Å². The molecule has 1 aromatic rings. The van der Waals surface area contributed by atoms with E-state index in [1.165, 1.54) is 11.1 Å². The molecule has 0 radical (unpaired) electrons. The number of rotatable bonds is 9. The molecular formula is C16H28N2O. The fraction of sp³-hybridized carbons (Fsp3) is 0.625. The third kappa shape index (κ3) is 6.08. The third-order valence-corrected chi connectivity index (χ3v) is 3.28. The number of ether oxygens (including phenoxy) is 1. The van der Waals surface area contributed by atoms with Crippen LogP contribution in [-0.4, -0.2) is 26.2 Å². The molecular weight excluding hydrogens is 236 g/mol. The lowest BCUT2D eigenvalue weighted by atomic mass is 10.1. The standard InChI is InChI=1S/C16H28N2O/c1-4-19-16-6-5-15(11-14(16)3)8-10-18-12-13(2)7-9-17/h5-6,11,13,18H,4,7-10,12,17H2,1-3H3. The molecule has 0 spiro atoms. The summed E-state index contributed by atoms with van der Waals surface area (Å²) in [6.45, 7) is 9.92. The van der Waals surface area contributed by atoms with Gasteiger partial charge < -0.3 is 15.8 Å². The topological polar surface area (TPSA) is 47.3 Å². The van der Waals surface area contributed by atoms with Gasteiger partial charge in [-0.2, -0.15) is 0 Å². The summed E-state index contributed by atoms with van der Waals surface area (Å²) < 4.78 is 5.55. The Labute approximate surface area is 117 Å². The van der Waals surface area contributed by atoms with Crippen LogP contribution in [0.2, 0.25) is 0 Å². The van der Waals surface area contributed by atoms with Gasteiger partial charge in [0.2, 0.25) is 0 Å². The zero-order valence-corrected chi connectivity index (χ0v) is 12.5. The van der Waals surface area contributed by atoms with Crippen molar-refractivity contribution in [3.05, 3.63) is 29.3 Å². The highest BCUT2D eigenvalue weighted by Gasteiger charge is 2.02. The lowest BCUT2D eigenvalue weighted by Gasteiger charge is -2.12. The van der Waals surface area contributed by atoms with E-state index in [1.807, 2.05) is 6.92 Å². The van der Waals surface area contributed by atoms with Gasteiger partial charge in [-0.1, -0.05) is 19.1 Å². The van der Waals surface area contributed by atoms with Gasteiger partial charge >= 0.3 is 0 Å². The minimum absolute atomic E-state index is 0.659. The molecule has 0 amide bonds. The van der Waals surface area contributed by atoms with Crippen molar-refractivity contribution >= 4 is 0 Å². The summed E-state index contributed by atoms with van der Waals surface area (Å²) in [5.41, 5.74) is 8.12. The van der Waals surface area contributed by atoms with Crippen molar-refractivity contribution in [3.63, 3.8) is 0 Å². The first-order valence-electron chi connectivity index (χ1n) is 7.30. The van der Waals surface area contributed by atoms with Crippen molar-refractivity contribution in [1.82, 2.24) is 5.32 Å². The molecule has 0 saturated heterocycles. The monoisotopic (exact) mass is 264 g/mol. The van der Waals surface area contributed by atoms with E-state index in [2.05, 4.69) is 37.4 Å². The Morgan fingerprint density at radius 1 is 1.37 bits per heavy atom. The number of benzene rings is 1. The Morgan fingerprint density at radius 3 is 2.79 bits per heavy atom. The number of nitrogens with two attached hydrogens (primary N) is 1. The van der Waals surface area contributed by atoms with Gasteiger partial charge in [-0.15, -0.1) is 0 Å². The zero-order valence-electron chi connectivity index (χ0n) is 12.5. The molecule has 0 aliphatic rings. The molecule has 3 nitrogen and oxygen atoms in total. The minimum Gasteiger partial charge on any atom is -0.494 e. The quantitative estimate of drug-likeness (QED) is 0.674. The summed E-state index contributed by atoms with van der Waals surface area (Å²) in [5.74, 6) is 1.66. The Balaban J connectivity index is 2.31. The van der Waals surface area contributed by atoms with Crippen LogP contribution >= 0.6 is 0 Å². The van der Waals surface area contributed by atoms with Crippen molar-refractivity contribution in [2.75, 3.05) is 26.2 Å². The van der Waals surface area contributed by atoms with Crippen LogP contribution in [0, 0.1) is 12.8 Å². The number of hydrogen-bond donors (Lipinski definition) is 2. The predicted molar refractivity (Wildman–Crippen MR) is 81.8 cm³/mol. The summed E-state index contributed by atoms with van der Waals surface area (Å²) in [5, 5.41) is 3.49. The molecule has 108 valence electrons. The van der Waals surface area contributed by atoms with Gasteiger partial charge in [0, 0.05) is 0 Å². The predicted octanol–water partition coefficient (Wildman–Crippen LogP) is 2.51. The molecule has 0 aliphatic heterocycles. The van der Waals surface area contributed by atoms with E-state index in [4.69, 9.17) is 10.5 Å². The summed E-state index contributed by atoms with van der Waals surface area (Å²) in [4.78, 5) is 0. The highest BCUT2D eigenvalue weighted by molar-refractivity contribution is 5.36. The van der Waals surface area contributed by atoms with E-state index in [0.29, 0.717) is 5.92 Å². The molecule has 0 bridgehead atoms. The van der Waals surface area contributed by atoms with E-state index in [9.17, 15) is 0 Å². The smallest absolute Gasteiger partial charge is 0.122 e. The fourth-order valence-corrected chi connectivity index (χ4v) is 2.15. The first kappa shape index (κ1) is 16.0. The largest absolute Gasteiger partial charge is 0.494 e. The van der Waals surface area contributed by atoms with Gasteiger partial charge in [-0.25, -0.2) is 0 Å². The molecule has 19 heavy (non-hydrogen) atoms. The minimum atomic E-state index is 0.659. The van der Waals surface area contributed by atoms with Crippen LogP contribution < -0.4 is 15.8 Å². The number of aryl methyl sites for hydroxylation is 1. The lowest BCUT2D eigenvalue weighted by Crippen LogP contribution is -2.24. The van der Waals surface area contributed by atoms with Crippen molar-refractivity contribution in [2.45, 2.75) is 33.6 Å². The second-order valence-electron chi connectivity index (χ2n) is 5.17. The van der Waals surface area contributed by atoms with E-state index in [-0.39, 0.29) is 0 Å². The molecule has 0 heterocycles. The Morgan fingerprint density at radius 2 is 2.16 bits per heavy atom. The average Bonchev–Trinajstić information content (AvgIpc) is 2.38. The van der Waals surface area contributed by atoms with E-state index in [0.717, 1.165) is 44.8 Å². The molecule has 1 aromatic carbocycles. The number of nitrogens with one attached hydrogen (secondary N) is 1. The summed E-state index contributed by atoms with van der Waals surface area (Å²) in [6, 6.07) is 6.45. The highest BCUT2D eigenvalue weighted by atomic mass is 16.5. The molecule has 0 fully saturated rings. The molecule has 0 aliphatic carbocycles. The van der Waals surface area contributed by atoms with E-state index < -0.39 is 0 Å². The molecule has 3 N–H and O–H groups in total. The van der Waals surface area contributed by atoms with Crippen LogP contribution in [0.15, 0.2) is 18.2 Å². The summed E-state index contributed by atoms with van der Waals surface area (Å²) in [7, 11) is 0. The van der Waals surface area contributed by atoms with Gasteiger partial charge in [0.25, 0.3) is 0 Å². The normalized spacial score (nSPS) is 12.4. The van der Waals surface area contributed by atoms with Crippen LogP contribution in [0.1, 0.15) is 31.4 Å². The highest BCUT2D eigenvalue weighted by Crippen LogP contribution is 2.19. The first-order valence-corrected chi connectivity index (χ1v) is 7.30. The summed E-state index contributed by atoms with van der Waals surface area (Å²) in [6.07, 6.45) is 2.15. The summed E-state index contributed by atoms with van der Waals surface area (Å²) >= 11 is 0. The van der Waals surface area contributed by atoms with Crippen LogP contribution in [0.3, 0.4) is 0 Å². The van der Waals surface area contributed by atoms with E-state index >= 15 is 0 Å². The maximum atomic E-state index is 5.55. The van der Waals surface area contributed by atoms with Gasteiger partial charge in [0.05, 0.1) is 6.61 Å². The molecule has 0 saturated carbocycles. The second kappa shape index (κ2) is 8.94.